The number of nitrogens with zero attached hydrogens (tertiary/aromatic N) is 3. The second-order valence-corrected chi connectivity index (χ2v) is 8.46. The van der Waals surface area contributed by atoms with E-state index in [1.165, 1.54) is 5.56 Å². The molecule has 0 aliphatic rings. The molecule has 0 bridgehead atoms. The lowest BCUT2D eigenvalue weighted by atomic mass is 9.97. The van der Waals surface area contributed by atoms with E-state index in [1.807, 2.05) is 90.9 Å². The first-order chi connectivity index (χ1) is 15.1. The molecular formula is C26H20BrN3O. The number of aromatic nitrogens is 3. The zero-order valence-electron chi connectivity index (χ0n) is 17.0. The Balaban J connectivity index is 1.51. The molecule has 5 aromatic rings. The average Bonchev–Trinajstić information content (AvgIpc) is 3.40. The van der Waals surface area contributed by atoms with Crippen LogP contribution in [0.1, 0.15) is 27.2 Å². The summed E-state index contributed by atoms with van der Waals surface area (Å²) in [4.78, 5) is 17.8. The highest BCUT2D eigenvalue weighted by Gasteiger charge is 2.19. The standard InChI is InChI=1S/C26H20BrN3O/c1-18-22(26(31)24-8-4-6-20-5-2-3-7-23(20)24)13-14-30(18)25-15-28-17-29(25)16-19-9-11-21(27)12-10-19/h2-15,17H,16H2,1H3. The number of fused-ring (bicyclic) bond motifs is 1. The second kappa shape index (κ2) is 8.00. The zero-order valence-corrected chi connectivity index (χ0v) is 18.6. The first-order valence-electron chi connectivity index (χ1n) is 10.1. The minimum Gasteiger partial charge on any atom is -0.312 e. The maximum atomic E-state index is 13.4. The molecule has 0 radical (unpaired) electrons. The quantitative estimate of drug-likeness (QED) is 0.288. The van der Waals surface area contributed by atoms with Crippen molar-refractivity contribution < 1.29 is 4.79 Å². The minimum absolute atomic E-state index is 0.0343. The molecular weight excluding hydrogens is 450 g/mol. The van der Waals surface area contributed by atoms with Crippen LogP contribution in [0.2, 0.25) is 0 Å². The van der Waals surface area contributed by atoms with Crippen molar-refractivity contribution in [3.05, 3.63) is 118 Å². The van der Waals surface area contributed by atoms with E-state index < -0.39 is 0 Å². The molecule has 2 aromatic heterocycles. The van der Waals surface area contributed by atoms with Crippen LogP contribution in [0.4, 0.5) is 0 Å². The summed E-state index contributed by atoms with van der Waals surface area (Å²) in [6, 6.07) is 24.0. The first-order valence-corrected chi connectivity index (χ1v) is 10.9. The Hall–Kier alpha value is -3.44. The topological polar surface area (TPSA) is 39.8 Å². The van der Waals surface area contributed by atoms with E-state index in [9.17, 15) is 4.79 Å². The van der Waals surface area contributed by atoms with Crippen molar-refractivity contribution in [1.29, 1.82) is 0 Å². The van der Waals surface area contributed by atoms with E-state index in [4.69, 9.17) is 0 Å². The molecule has 3 aromatic carbocycles. The molecule has 5 rings (SSSR count). The largest absolute Gasteiger partial charge is 0.312 e. The van der Waals surface area contributed by atoms with Crippen molar-refractivity contribution in [2.45, 2.75) is 13.5 Å². The van der Waals surface area contributed by atoms with Crippen LogP contribution >= 0.6 is 15.9 Å². The predicted octanol–water partition coefficient (Wildman–Crippen LogP) is 6.18. The van der Waals surface area contributed by atoms with Gasteiger partial charge in [0.2, 0.25) is 0 Å². The highest BCUT2D eigenvalue weighted by atomic mass is 79.9. The summed E-state index contributed by atoms with van der Waals surface area (Å²) in [6.45, 7) is 2.68. The molecule has 152 valence electrons. The summed E-state index contributed by atoms with van der Waals surface area (Å²) in [7, 11) is 0. The monoisotopic (exact) mass is 469 g/mol. The number of imidazole rings is 1. The van der Waals surface area contributed by atoms with Crippen LogP contribution in [0.3, 0.4) is 0 Å². The summed E-state index contributed by atoms with van der Waals surface area (Å²) < 4.78 is 5.17. The summed E-state index contributed by atoms with van der Waals surface area (Å²) in [5.41, 5.74) is 3.50. The van der Waals surface area contributed by atoms with Crippen LogP contribution in [0.25, 0.3) is 16.6 Å². The normalized spacial score (nSPS) is 11.2. The molecule has 0 saturated carbocycles. The number of carbonyl (C=O) groups is 1. The lowest BCUT2D eigenvalue weighted by Crippen LogP contribution is -2.09. The molecule has 0 N–H and O–H groups in total. The van der Waals surface area contributed by atoms with Crippen molar-refractivity contribution in [1.82, 2.24) is 14.1 Å². The molecule has 0 fully saturated rings. The van der Waals surface area contributed by atoms with Gasteiger partial charge in [0.1, 0.15) is 5.82 Å². The van der Waals surface area contributed by atoms with Gasteiger partial charge >= 0.3 is 0 Å². The molecule has 0 saturated heterocycles. The van der Waals surface area contributed by atoms with Gasteiger partial charge in [0.05, 0.1) is 19.1 Å². The van der Waals surface area contributed by atoms with Gasteiger partial charge in [-0.05, 0) is 41.5 Å². The summed E-state index contributed by atoms with van der Waals surface area (Å²) in [5.74, 6) is 0.962. The molecule has 0 aliphatic heterocycles. The molecule has 0 amide bonds. The van der Waals surface area contributed by atoms with Gasteiger partial charge in [-0.1, -0.05) is 70.5 Å². The van der Waals surface area contributed by atoms with Crippen molar-refractivity contribution in [2.24, 2.45) is 0 Å². The molecule has 31 heavy (non-hydrogen) atoms. The number of halogens is 1. The van der Waals surface area contributed by atoms with Crippen LogP contribution in [-0.2, 0) is 6.54 Å². The fourth-order valence-corrected chi connectivity index (χ4v) is 4.25. The van der Waals surface area contributed by atoms with Gasteiger partial charge in [0.25, 0.3) is 0 Å². The molecule has 0 unspecified atom stereocenters. The van der Waals surface area contributed by atoms with Crippen LogP contribution in [-0.4, -0.2) is 19.9 Å². The van der Waals surface area contributed by atoms with Gasteiger partial charge in [0.15, 0.2) is 5.78 Å². The number of rotatable bonds is 5. The van der Waals surface area contributed by atoms with Gasteiger partial charge in [-0.15, -0.1) is 0 Å². The fraction of sp³-hybridized carbons (Fsp3) is 0.0769. The lowest BCUT2D eigenvalue weighted by molar-refractivity contribution is 0.103. The summed E-state index contributed by atoms with van der Waals surface area (Å²) >= 11 is 3.48. The Kier molecular flexibility index (Phi) is 5.04. The molecule has 2 heterocycles. The van der Waals surface area contributed by atoms with Crippen molar-refractivity contribution in [3.8, 4) is 5.82 Å². The molecule has 4 nitrogen and oxygen atoms in total. The van der Waals surface area contributed by atoms with E-state index in [1.54, 1.807) is 0 Å². The maximum Gasteiger partial charge on any atom is 0.195 e. The predicted molar refractivity (Wildman–Crippen MR) is 127 cm³/mol. The average molecular weight is 470 g/mol. The van der Waals surface area contributed by atoms with E-state index in [0.717, 1.165) is 32.3 Å². The van der Waals surface area contributed by atoms with Crippen LogP contribution < -0.4 is 0 Å². The highest BCUT2D eigenvalue weighted by Crippen LogP contribution is 2.25. The van der Waals surface area contributed by atoms with Crippen molar-refractivity contribution in [3.63, 3.8) is 0 Å². The molecule has 0 spiro atoms. The van der Waals surface area contributed by atoms with Crippen LogP contribution in [0.5, 0.6) is 0 Å². The fourth-order valence-electron chi connectivity index (χ4n) is 3.99. The number of carbonyl (C=O) groups excluding carboxylic acids is 1. The van der Waals surface area contributed by atoms with E-state index >= 15 is 0 Å². The Bertz CT molecular complexity index is 1390. The third-order valence-corrected chi connectivity index (χ3v) is 6.15. The first kappa shape index (κ1) is 19.5. The van der Waals surface area contributed by atoms with E-state index in [-0.39, 0.29) is 5.78 Å². The minimum atomic E-state index is 0.0343. The third-order valence-electron chi connectivity index (χ3n) is 5.62. The van der Waals surface area contributed by atoms with Gasteiger partial charge < -0.3 is 9.13 Å². The van der Waals surface area contributed by atoms with Gasteiger partial charge in [-0.3, -0.25) is 4.79 Å². The molecule has 0 atom stereocenters. The van der Waals surface area contributed by atoms with Crippen molar-refractivity contribution in [2.75, 3.05) is 0 Å². The molecule has 5 heteroatoms. The lowest BCUT2D eigenvalue weighted by Gasteiger charge is -2.12. The SMILES string of the molecule is Cc1c(C(=O)c2cccc3ccccc23)ccn1-c1cncn1Cc1ccc(Br)cc1. The second-order valence-electron chi connectivity index (χ2n) is 7.55. The number of hydrogen-bond acceptors (Lipinski definition) is 2. The van der Waals surface area contributed by atoms with Crippen LogP contribution in [0.15, 0.2) is 96.0 Å². The van der Waals surface area contributed by atoms with Gasteiger partial charge in [-0.2, -0.15) is 0 Å². The number of benzene rings is 3. The summed E-state index contributed by atoms with van der Waals surface area (Å²) in [6.07, 6.45) is 5.60. The Labute approximate surface area is 188 Å². The van der Waals surface area contributed by atoms with E-state index in [2.05, 4.69) is 37.6 Å². The molecule has 0 aliphatic carbocycles. The van der Waals surface area contributed by atoms with Gasteiger partial charge in [0, 0.05) is 27.5 Å². The Morgan fingerprint density at radius 1 is 0.935 bits per heavy atom. The number of ketones is 1. The van der Waals surface area contributed by atoms with E-state index in [0.29, 0.717) is 12.1 Å². The maximum absolute atomic E-state index is 13.4. The number of hydrogen-bond donors (Lipinski definition) is 0. The zero-order chi connectivity index (χ0) is 21.4. The summed E-state index contributed by atoms with van der Waals surface area (Å²) in [5, 5.41) is 2.04. The van der Waals surface area contributed by atoms with Gasteiger partial charge in [-0.25, -0.2) is 4.98 Å². The Morgan fingerprint density at radius 2 is 1.71 bits per heavy atom. The Morgan fingerprint density at radius 3 is 2.55 bits per heavy atom. The highest BCUT2D eigenvalue weighted by molar-refractivity contribution is 9.10. The smallest absolute Gasteiger partial charge is 0.195 e. The van der Waals surface area contributed by atoms with Crippen molar-refractivity contribution >= 4 is 32.5 Å². The third kappa shape index (κ3) is 3.62. The van der Waals surface area contributed by atoms with Crippen LogP contribution in [0, 0.1) is 6.92 Å².